The van der Waals surface area contributed by atoms with E-state index >= 15 is 0 Å². The van der Waals surface area contributed by atoms with E-state index in [2.05, 4.69) is 35.5 Å². The minimum Gasteiger partial charge on any atom is -0.335 e. The van der Waals surface area contributed by atoms with Crippen molar-refractivity contribution < 1.29 is 9.18 Å². The average Bonchev–Trinajstić information content (AvgIpc) is 3.58. The van der Waals surface area contributed by atoms with Crippen LogP contribution in [-0.4, -0.2) is 36.0 Å². The van der Waals surface area contributed by atoms with Crippen molar-refractivity contribution in [2.45, 2.75) is 25.7 Å². The zero-order chi connectivity index (χ0) is 22.4. The fraction of sp³-hybridized carbons (Fsp3) is 0.208. The summed E-state index contributed by atoms with van der Waals surface area (Å²) in [6.45, 7) is 0. The number of imidazole rings is 1. The molecule has 4 heterocycles. The van der Waals surface area contributed by atoms with Gasteiger partial charge in [0.15, 0.2) is 17.3 Å². The number of carbonyl (C=O) groups excluding carboxylic acids is 1. The lowest BCUT2D eigenvalue weighted by Crippen LogP contribution is -2.20. The van der Waals surface area contributed by atoms with Crippen molar-refractivity contribution in [3.8, 4) is 22.6 Å². The van der Waals surface area contributed by atoms with E-state index < -0.39 is 5.82 Å². The number of rotatable bonds is 4. The van der Waals surface area contributed by atoms with Crippen molar-refractivity contribution in [3.05, 3.63) is 54.7 Å². The van der Waals surface area contributed by atoms with Crippen LogP contribution in [0.25, 0.3) is 44.7 Å². The van der Waals surface area contributed by atoms with Gasteiger partial charge in [-0.1, -0.05) is 12.8 Å². The molecule has 0 saturated heterocycles. The lowest BCUT2D eigenvalue weighted by atomic mass is 10.0. The van der Waals surface area contributed by atoms with Gasteiger partial charge in [0.25, 0.3) is 0 Å². The molecule has 33 heavy (non-hydrogen) atoms. The zero-order valence-electron chi connectivity index (χ0n) is 17.6. The molecule has 0 unspecified atom stereocenters. The highest BCUT2D eigenvalue weighted by Gasteiger charge is 2.23. The molecular formula is C24H20FN7O. The molecule has 1 fully saturated rings. The number of hydrogen-bond donors (Lipinski definition) is 3. The molecule has 0 radical (unpaired) electrons. The Labute approximate surface area is 187 Å². The molecule has 0 spiro atoms. The van der Waals surface area contributed by atoms with Gasteiger partial charge in [-0.3, -0.25) is 14.9 Å². The Bertz CT molecular complexity index is 1470. The number of hydrogen-bond acceptors (Lipinski definition) is 5. The maximum Gasteiger partial charge on any atom is 0.227 e. The Balaban J connectivity index is 1.38. The van der Waals surface area contributed by atoms with E-state index in [0.29, 0.717) is 39.4 Å². The molecule has 0 aliphatic heterocycles. The van der Waals surface area contributed by atoms with Crippen LogP contribution in [0.1, 0.15) is 25.7 Å². The number of H-pyrrole nitrogens is 2. The Morgan fingerprint density at radius 2 is 2.00 bits per heavy atom. The van der Waals surface area contributed by atoms with Crippen LogP contribution >= 0.6 is 0 Å². The highest BCUT2D eigenvalue weighted by Crippen LogP contribution is 2.33. The Kier molecular flexibility index (Phi) is 4.60. The third kappa shape index (κ3) is 3.51. The zero-order valence-corrected chi connectivity index (χ0v) is 17.6. The van der Waals surface area contributed by atoms with Gasteiger partial charge in [-0.05, 0) is 48.7 Å². The van der Waals surface area contributed by atoms with Crippen LogP contribution in [0.2, 0.25) is 0 Å². The number of pyridine rings is 2. The number of nitrogens with one attached hydrogen (secondary N) is 3. The number of fused-ring (bicyclic) bond motifs is 2. The number of halogens is 1. The molecule has 9 heteroatoms. The summed E-state index contributed by atoms with van der Waals surface area (Å²) in [6, 6.07) is 8.77. The van der Waals surface area contributed by atoms with Crippen LogP contribution in [-0.2, 0) is 4.79 Å². The summed E-state index contributed by atoms with van der Waals surface area (Å²) in [5.41, 5.74) is 4.06. The number of aromatic amines is 2. The summed E-state index contributed by atoms with van der Waals surface area (Å²) in [7, 11) is 0. The quantitative estimate of drug-likeness (QED) is 0.370. The van der Waals surface area contributed by atoms with E-state index in [1.54, 1.807) is 18.6 Å². The van der Waals surface area contributed by atoms with Gasteiger partial charge in [0.1, 0.15) is 11.2 Å². The van der Waals surface area contributed by atoms with E-state index in [0.717, 1.165) is 31.2 Å². The van der Waals surface area contributed by atoms with Crippen LogP contribution in [0.4, 0.5) is 10.1 Å². The molecular weight excluding hydrogens is 421 g/mol. The molecule has 4 aromatic heterocycles. The normalized spacial score (nSPS) is 14.3. The van der Waals surface area contributed by atoms with Crippen molar-refractivity contribution in [2.75, 3.05) is 5.32 Å². The first-order valence-electron chi connectivity index (χ1n) is 10.9. The van der Waals surface area contributed by atoms with Gasteiger partial charge in [0.2, 0.25) is 5.91 Å². The molecule has 1 aliphatic rings. The van der Waals surface area contributed by atoms with Crippen molar-refractivity contribution >= 4 is 33.7 Å². The predicted molar refractivity (Wildman–Crippen MR) is 123 cm³/mol. The molecule has 1 aromatic carbocycles. The predicted octanol–water partition coefficient (Wildman–Crippen LogP) is 4.83. The summed E-state index contributed by atoms with van der Waals surface area (Å²) in [5.74, 6) is 0.135. The standard InChI is InChI=1S/C24H20FN7O/c25-18-10-14(15-8-16(12-26-11-15)28-24(33)13-4-1-2-5-13)9-17-20(18)31-32-21(17)23-29-19-6-3-7-27-22(19)30-23/h3,6-13H,1-2,4-5H2,(H,28,33)(H,31,32)(H,27,29,30). The van der Waals surface area contributed by atoms with Gasteiger partial charge in [-0.25, -0.2) is 14.4 Å². The monoisotopic (exact) mass is 441 g/mol. The van der Waals surface area contributed by atoms with Crippen LogP contribution in [0.15, 0.2) is 48.9 Å². The third-order valence-electron chi connectivity index (χ3n) is 6.17. The number of nitrogens with zero attached hydrogens (tertiary/aromatic N) is 4. The second-order valence-electron chi connectivity index (χ2n) is 8.35. The summed E-state index contributed by atoms with van der Waals surface area (Å²) < 4.78 is 15.0. The first-order valence-corrected chi connectivity index (χ1v) is 10.9. The smallest absolute Gasteiger partial charge is 0.227 e. The molecule has 8 nitrogen and oxygen atoms in total. The Morgan fingerprint density at radius 1 is 1.12 bits per heavy atom. The van der Waals surface area contributed by atoms with Crippen LogP contribution in [0, 0.1) is 11.7 Å². The molecule has 1 aliphatic carbocycles. The Hall–Kier alpha value is -4.14. The Morgan fingerprint density at radius 3 is 2.85 bits per heavy atom. The van der Waals surface area contributed by atoms with E-state index in [9.17, 15) is 9.18 Å². The molecule has 5 aromatic rings. The second kappa shape index (κ2) is 7.77. The van der Waals surface area contributed by atoms with Gasteiger partial charge in [-0.15, -0.1) is 0 Å². The van der Waals surface area contributed by atoms with Gasteiger partial charge in [0, 0.05) is 29.3 Å². The third-order valence-corrected chi connectivity index (χ3v) is 6.17. The highest BCUT2D eigenvalue weighted by atomic mass is 19.1. The minimum atomic E-state index is -0.459. The summed E-state index contributed by atoms with van der Waals surface area (Å²) in [6.07, 6.45) is 8.94. The van der Waals surface area contributed by atoms with Crippen molar-refractivity contribution in [1.82, 2.24) is 30.1 Å². The lowest BCUT2D eigenvalue weighted by Gasteiger charge is -2.11. The maximum absolute atomic E-state index is 15.0. The fourth-order valence-electron chi connectivity index (χ4n) is 4.48. The average molecular weight is 441 g/mol. The van der Waals surface area contributed by atoms with Gasteiger partial charge < -0.3 is 10.3 Å². The van der Waals surface area contributed by atoms with E-state index in [4.69, 9.17) is 0 Å². The molecule has 0 bridgehead atoms. The first-order chi connectivity index (χ1) is 16.2. The van der Waals surface area contributed by atoms with Crippen molar-refractivity contribution in [2.24, 2.45) is 5.92 Å². The first kappa shape index (κ1) is 19.5. The number of anilines is 1. The summed E-state index contributed by atoms with van der Waals surface area (Å²) in [4.78, 5) is 28.7. The maximum atomic E-state index is 15.0. The van der Waals surface area contributed by atoms with Gasteiger partial charge in [-0.2, -0.15) is 5.10 Å². The molecule has 0 atom stereocenters. The van der Waals surface area contributed by atoms with Crippen LogP contribution in [0.3, 0.4) is 0 Å². The van der Waals surface area contributed by atoms with Crippen molar-refractivity contribution in [1.29, 1.82) is 0 Å². The van der Waals surface area contributed by atoms with Gasteiger partial charge >= 0.3 is 0 Å². The molecule has 164 valence electrons. The number of benzene rings is 1. The lowest BCUT2D eigenvalue weighted by molar-refractivity contribution is -0.119. The van der Waals surface area contributed by atoms with Gasteiger partial charge in [0.05, 0.1) is 17.4 Å². The molecule has 1 amide bonds. The molecule has 6 rings (SSSR count). The number of amides is 1. The molecule has 3 N–H and O–H groups in total. The van der Waals surface area contributed by atoms with E-state index in [1.165, 1.54) is 6.07 Å². The van der Waals surface area contributed by atoms with Crippen molar-refractivity contribution in [3.63, 3.8) is 0 Å². The summed E-state index contributed by atoms with van der Waals surface area (Å²) in [5, 5.41) is 10.6. The van der Waals surface area contributed by atoms with Crippen LogP contribution in [0.5, 0.6) is 0 Å². The highest BCUT2D eigenvalue weighted by molar-refractivity contribution is 5.96. The largest absolute Gasteiger partial charge is 0.335 e. The minimum absolute atomic E-state index is 0.0173. The second-order valence-corrected chi connectivity index (χ2v) is 8.35. The topological polar surface area (TPSA) is 112 Å². The number of aromatic nitrogens is 6. The molecule has 1 saturated carbocycles. The van der Waals surface area contributed by atoms with E-state index in [1.807, 2.05) is 24.3 Å². The van der Waals surface area contributed by atoms with Crippen LogP contribution < -0.4 is 5.32 Å². The SMILES string of the molecule is O=C(Nc1cncc(-c2cc(F)c3n[nH]c(-c4nc5ncccc5[nH]4)c3c2)c1)C1CCCC1. The van der Waals surface area contributed by atoms with E-state index in [-0.39, 0.29) is 17.3 Å². The number of carbonyl (C=O) groups is 1. The summed E-state index contributed by atoms with van der Waals surface area (Å²) >= 11 is 0. The fourth-order valence-corrected chi connectivity index (χ4v) is 4.48.